The van der Waals surface area contributed by atoms with Gasteiger partial charge in [-0.2, -0.15) is 0 Å². The molecule has 4 aliphatic rings. The first-order valence-corrected chi connectivity index (χ1v) is 13.4. The van der Waals surface area contributed by atoms with Gasteiger partial charge in [0.05, 0.1) is 30.3 Å². The number of benzene rings is 2. The van der Waals surface area contributed by atoms with Crippen LogP contribution in [-0.4, -0.2) is 47.7 Å². The molecule has 1 aliphatic carbocycles. The summed E-state index contributed by atoms with van der Waals surface area (Å²) in [6, 6.07) is 19.3. The lowest BCUT2D eigenvalue weighted by Crippen LogP contribution is -2.60. The summed E-state index contributed by atoms with van der Waals surface area (Å²) in [5.41, 5.74) is 3.40. The number of allylic oxidation sites excluding steroid dienone is 1. The predicted molar refractivity (Wildman–Crippen MR) is 146 cm³/mol. The summed E-state index contributed by atoms with van der Waals surface area (Å²) in [4.78, 5) is 11.7. The van der Waals surface area contributed by atoms with Crippen molar-refractivity contribution in [3.05, 3.63) is 84.5 Å². The van der Waals surface area contributed by atoms with Crippen molar-refractivity contribution in [1.29, 1.82) is 0 Å². The summed E-state index contributed by atoms with van der Waals surface area (Å²) in [6.45, 7) is 4.41. The van der Waals surface area contributed by atoms with E-state index in [1.807, 2.05) is 31.0 Å². The molecule has 0 bridgehead atoms. The molecular formula is C30H36N5O+. The first-order valence-electron chi connectivity index (χ1n) is 13.4. The fourth-order valence-corrected chi connectivity index (χ4v) is 6.16. The molecule has 6 nitrogen and oxygen atoms in total. The Kier molecular flexibility index (Phi) is 6.71. The third-order valence-corrected chi connectivity index (χ3v) is 8.01. The third kappa shape index (κ3) is 4.75. The van der Waals surface area contributed by atoms with Crippen molar-refractivity contribution in [3.63, 3.8) is 0 Å². The molecule has 2 aromatic carbocycles. The zero-order valence-corrected chi connectivity index (χ0v) is 21.0. The highest BCUT2D eigenvalue weighted by Crippen LogP contribution is 2.40. The minimum absolute atomic E-state index is 0.410. The average molecular weight is 483 g/mol. The highest BCUT2D eigenvalue weighted by molar-refractivity contribution is 5.82. The molecule has 1 atom stereocenters. The Morgan fingerprint density at radius 1 is 0.944 bits per heavy atom. The van der Waals surface area contributed by atoms with Crippen LogP contribution in [0.4, 0.5) is 5.69 Å². The number of anilines is 1. The van der Waals surface area contributed by atoms with Gasteiger partial charge in [-0.05, 0) is 75.2 Å². The van der Waals surface area contributed by atoms with Gasteiger partial charge in [-0.3, -0.25) is 4.99 Å². The number of hydrogen-bond donors (Lipinski definition) is 0. The summed E-state index contributed by atoms with van der Waals surface area (Å²) in [7, 11) is 0. The molecule has 1 unspecified atom stereocenters. The second-order valence-corrected chi connectivity index (χ2v) is 10.4. The average Bonchev–Trinajstić information content (AvgIpc) is 3.60. The second kappa shape index (κ2) is 10.4. The van der Waals surface area contributed by atoms with Gasteiger partial charge in [0.15, 0.2) is 6.20 Å². The number of likely N-dealkylation sites (tertiary alicyclic amines) is 1. The van der Waals surface area contributed by atoms with E-state index in [0.29, 0.717) is 17.2 Å². The van der Waals surface area contributed by atoms with Crippen LogP contribution in [0.15, 0.2) is 88.9 Å². The molecule has 0 aromatic heterocycles. The molecule has 6 rings (SSSR count). The molecule has 0 N–H and O–H groups in total. The van der Waals surface area contributed by atoms with Crippen molar-refractivity contribution >= 4 is 18.2 Å². The Hall–Kier alpha value is -3.22. The molecular weight excluding hydrogens is 446 g/mol. The molecule has 2 fully saturated rings. The van der Waals surface area contributed by atoms with E-state index in [2.05, 4.69) is 74.6 Å². The van der Waals surface area contributed by atoms with E-state index in [0.717, 1.165) is 23.1 Å². The van der Waals surface area contributed by atoms with Gasteiger partial charge in [0.1, 0.15) is 12.4 Å². The number of rotatable bonds is 8. The summed E-state index contributed by atoms with van der Waals surface area (Å²) in [5.74, 6) is 1.70. The van der Waals surface area contributed by atoms with Crippen LogP contribution in [-0.2, 0) is 6.61 Å². The van der Waals surface area contributed by atoms with E-state index in [1.165, 1.54) is 63.7 Å². The van der Waals surface area contributed by atoms with Gasteiger partial charge < -0.3 is 9.64 Å². The van der Waals surface area contributed by atoms with Crippen LogP contribution in [0.3, 0.4) is 0 Å². The highest BCUT2D eigenvalue weighted by Gasteiger charge is 2.46. The van der Waals surface area contributed by atoms with Gasteiger partial charge in [-0.1, -0.05) is 36.4 Å². The lowest BCUT2D eigenvalue weighted by molar-refractivity contribution is -0.746. The minimum Gasteiger partial charge on any atom is -0.489 e. The third-order valence-electron chi connectivity index (χ3n) is 8.01. The standard InChI is InChI=1S/C30H36N5O/c1-2-7-26(8-3-1)23-36-30-10-6-9-28(19-30)34(35-18-15-31-20-29(35)21-32-24-35)27-13-11-25(12-14-27)22-33-16-4-5-17-33/h1-3,6-10,15,18-21,24-25,27H,4-5,11-14,16-17,22-23H2/q+1. The largest absolute Gasteiger partial charge is 0.489 e. The molecule has 1 saturated carbocycles. The molecule has 3 aliphatic heterocycles. The summed E-state index contributed by atoms with van der Waals surface area (Å²) < 4.78 is 6.69. The zero-order chi connectivity index (χ0) is 24.2. The van der Waals surface area contributed by atoms with Crippen molar-refractivity contribution in [2.45, 2.75) is 51.2 Å². The van der Waals surface area contributed by atoms with Gasteiger partial charge >= 0.3 is 0 Å². The van der Waals surface area contributed by atoms with Gasteiger partial charge in [-0.25, -0.2) is 10.0 Å². The molecule has 0 radical (unpaired) electrons. The maximum absolute atomic E-state index is 6.23. The van der Waals surface area contributed by atoms with Crippen LogP contribution in [0.25, 0.3) is 0 Å². The molecule has 0 amide bonds. The number of quaternary nitrogens is 1. The molecule has 6 heteroatoms. The fourth-order valence-electron chi connectivity index (χ4n) is 6.16. The number of nitrogens with zero attached hydrogens (tertiary/aromatic N) is 5. The van der Waals surface area contributed by atoms with Crippen LogP contribution < -0.4 is 9.75 Å². The highest BCUT2D eigenvalue weighted by atomic mass is 16.5. The number of hydrogen-bond acceptors (Lipinski definition) is 5. The second-order valence-electron chi connectivity index (χ2n) is 10.4. The molecule has 1 saturated heterocycles. The molecule has 2 aromatic rings. The normalized spacial score (nSPS) is 27.2. The van der Waals surface area contributed by atoms with Crippen LogP contribution in [0.5, 0.6) is 5.75 Å². The van der Waals surface area contributed by atoms with Crippen molar-refractivity contribution in [2.24, 2.45) is 15.9 Å². The molecule has 186 valence electrons. The Morgan fingerprint density at radius 2 is 1.78 bits per heavy atom. The SMILES string of the molecule is C1=C[N+]2(N(c3cccc(OCc4ccccc4)c3)C3CCC(CN4CCCC4)CC3)C=NC=C2C=N1. The van der Waals surface area contributed by atoms with E-state index >= 15 is 0 Å². The van der Waals surface area contributed by atoms with E-state index in [-0.39, 0.29) is 0 Å². The Balaban J connectivity index is 1.24. The van der Waals surface area contributed by atoms with Crippen molar-refractivity contribution < 1.29 is 9.33 Å². The van der Waals surface area contributed by atoms with E-state index in [1.54, 1.807) is 0 Å². The molecule has 36 heavy (non-hydrogen) atoms. The van der Waals surface area contributed by atoms with Crippen molar-refractivity contribution in [1.82, 2.24) is 4.90 Å². The maximum Gasteiger partial charge on any atom is 0.225 e. The van der Waals surface area contributed by atoms with Crippen LogP contribution >= 0.6 is 0 Å². The number of aliphatic imine (C=N–C) groups is 2. The van der Waals surface area contributed by atoms with Gasteiger partial charge in [-0.15, -0.1) is 4.59 Å². The lowest BCUT2D eigenvalue weighted by Gasteiger charge is -2.46. The molecule has 3 heterocycles. The maximum atomic E-state index is 6.23. The molecule has 0 spiro atoms. The summed E-state index contributed by atoms with van der Waals surface area (Å²) in [5, 5.41) is 2.53. The van der Waals surface area contributed by atoms with E-state index in [4.69, 9.17) is 4.74 Å². The quantitative estimate of drug-likeness (QED) is 0.440. The van der Waals surface area contributed by atoms with Crippen LogP contribution in [0, 0.1) is 5.92 Å². The lowest BCUT2D eigenvalue weighted by atomic mass is 9.85. The van der Waals surface area contributed by atoms with Gasteiger partial charge in [0.2, 0.25) is 12.0 Å². The Bertz CT molecular complexity index is 1160. The Morgan fingerprint density at radius 3 is 2.61 bits per heavy atom. The van der Waals surface area contributed by atoms with E-state index in [9.17, 15) is 0 Å². The van der Waals surface area contributed by atoms with Crippen molar-refractivity contribution in [3.8, 4) is 5.75 Å². The smallest absolute Gasteiger partial charge is 0.225 e. The number of ether oxygens (including phenoxy) is 1. The number of fused-ring (bicyclic) bond motifs is 1. The summed E-state index contributed by atoms with van der Waals surface area (Å²) >= 11 is 0. The summed E-state index contributed by atoms with van der Waals surface area (Å²) in [6.07, 6.45) is 17.6. The van der Waals surface area contributed by atoms with E-state index < -0.39 is 0 Å². The van der Waals surface area contributed by atoms with Crippen molar-refractivity contribution in [2.75, 3.05) is 24.6 Å². The minimum atomic E-state index is 0.410. The first-order chi connectivity index (χ1) is 17.8. The Labute approximate surface area is 214 Å². The zero-order valence-electron chi connectivity index (χ0n) is 21.0. The monoisotopic (exact) mass is 482 g/mol. The first kappa shape index (κ1) is 23.2. The van der Waals surface area contributed by atoms with Gasteiger partial charge in [0, 0.05) is 12.6 Å². The van der Waals surface area contributed by atoms with Crippen LogP contribution in [0.2, 0.25) is 0 Å². The predicted octanol–water partition coefficient (Wildman–Crippen LogP) is 5.90. The topological polar surface area (TPSA) is 40.4 Å². The van der Waals surface area contributed by atoms with Crippen LogP contribution in [0.1, 0.15) is 44.1 Å². The fraction of sp³-hybridized carbons (Fsp3) is 0.400. The van der Waals surface area contributed by atoms with Gasteiger partial charge in [0.25, 0.3) is 0 Å².